The average molecular weight is 440 g/mol. The fourth-order valence-corrected chi connectivity index (χ4v) is 4.12. The van der Waals surface area contributed by atoms with Gasteiger partial charge in [-0.1, -0.05) is 30.7 Å². The molecule has 1 amide bonds. The molecule has 0 radical (unpaired) electrons. The fourth-order valence-electron chi connectivity index (χ4n) is 4.01. The minimum absolute atomic E-state index is 0.0115. The van der Waals surface area contributed by atoms with Crippen LogP contribution in [0.5, 0.6) is 0 Å². The molecular weight excluding hydrogens is 417 g/mol. The molecule has 1 aliphatic rings. The molecule has 31 heavy (non-hydrogen) atoms. The van der Waals surface area contributed by atoms with Gasteiger partial charge in [-0.15, -0.1) is 0 Å². The van der Waals surface area contributed by atoms with E-state index in [2.05, 4.69) is 27.2 Å². The average Bonchev–Trinajstić information content (AvgIpc) is 2.79. The van der Waals surface area contributed by atoms with Crippen LogP contribution in [0.25, 0.3) is 11.4 Å². The number of rotatable bonds is 5. The lowest BCUT2D eigenvalue weighted by atomic mass is 9.89. The summed E-state index contributed by atoms with van der Waals surface area (Å²) in [5, 5.41) is 3.85. The van der Waals surface area contributed by atoms with E-state index in [0.29, 0.717) is 35.3 Å². The molecule has 2 atom stereocenters. The number of carbonyl (C=O) groups excluding carboxylic acids is 1. The van der Waals surface area contributed by atoms with E-state index < -0.39 is 5.82 Å². The maximum absolute atomic E-state index is 14.9. The number of nitrogens with one attached hydrogen (secondary N) is 1. The maximum atomic E-state index is 14.9. The van der Waals surface area contributed by atoms with Crippen molar-refractivity contribution >= 4 is 23.3 Å². The van der Waals surface area contributed by atoms with Gasteiger partial charge in [-0.3, -0.25) is 4.79 Å². The first-order chi connectivity index (χ1) is 15.0. The van der Waals surface area contributed by atoms with Crippen LogP contribution < -0.4 is 5.32 Å². The molecule has 3 heterocycles. The van der Waals surface area contributed by atoms with Gasteiger partial charge in [0.15, 0.2) is 5.82 Å². The van der Waals surface area contributed by atoms with Crippen molar-refractivity contribution in [2.24, 2.45) is 5.92 Å². The van der Waals surface area contributed by atoms with Gasteiger partial charge in [0.25, 0.3) is 5.91 Å². The molecule has 160 valence electrons. The third-order valence-electron chi connectivity index (χ3n) is 5.63. The number of hydrogen-bond donors (Lipinski definition) is 1. The lowest BCUT2D eigenvalue weighted by Gasteiger charge is -2.40. The molecule has 1 fully saturated rings. The summed E-state index contributed by atoms with van der Waals surface area (Å²) in [4.78, 5) is 28.1. The number of aromatic nitrogens is 3. The zero-order valence-corrected chi connectivity index (χ0v) is 17.9. The molecule has 0 unspecified atom stereocenters. The van der Waals surface area contributed by atoms with Gasteiger partial charge in [-0.05, 0) is 43.0 Å². The predicted molar refractivity (Wildman–Crippen MR) is 118 cm³/mol. The van der Waals surface area contributed by atoms with E-state index >= 15 is 0 Å². The third-order valence-corrected chi connectivity index (χ3v) is 5.85. The highest BCUT2D eigenvalue weighted by Crippen LogP contribution is 2.29. The molecule has 8 heteroatoms. The molecule has 1 N–H and O–H groups in total. The van der Waals surface area contributed by atoms with Crippen molar-refractivity contribution in [2.75, 3.05) is 18.4 Å². The van der Waals surface area contributed by atoms with Gasteiger partial charge >= 0.3 is 0 Å². The van der Waals surface area contributed by atoms with Crippen molar-refractivity contribution in [3.63, 3.8) is 0 Å². The van der Waals surface area contributed by atoms with Crippen LogP contribution in [0.1, 0.15) is 30.1 Å². The van der Waals surface area contributed by atoms with Gasteiger partial charge in [0, 0.05) is 37.2 Å². The highest BCUT2D eigenvalue weighted by atomic mass is 35.5. The normalized spacial score (nSPS) is 18.6. The van der Waals surface area contributed by atoms with E-state index in [4.69, 9.17) is 11.6 Å². The summed E-state index contributed by atoms with van der Waals surface area (Å²) in [6.07, 6.45) is 6.60. The van der Waals surface area contributed by atoms with Crippen LogP contribution >= 0.6 is 11.6 Å². The minimum atomic E-state index is -0.570. The van der Waals surface area contributed by atoms with Crippen molar-refractivity contribution in [1.29, 1.82) is 0 Å². The Hall–Kier alpha value is -3.06. The van der Waals surface area contributed by atoms with E-state index in [9.17, 15) is 9.18 Å². The molecule has 0 saturated carbocycles. The fraction of sp³-hybridized carbons (Fsp3) is 0.304. The van der Waals surface area contributed by atoms with Gasteiger partial charge in [0.1, 0.15) is 11.6 Å². The monoisotopic (exact) mass is 439 g/mol. The van der Waals surface area contributed by atoms with E-state index in [0.717, 1.165) is 12.8 Å². The van der Waals surface area contributed by atoms with E-state index in [-0.39, 0.29) is 23.4 Å². The van der Waals surface area contributed by atoms with E-state index in [1.807, 2.05) is 0 Å². The van der Waals surface area contributed by atoms with Crippen LogP contribution in [0.15, 0.2) is 55.0 Å². The number of amides is 1. The summed E-state index contributed by atoms with van der Waals surface area (Å²) >= 11 is 5.91. The number of anilines is 1. The van der Waals surface area contributed by atoms with E-state index in [1.54, 1.807) is 53.8 Å². The molecule has 1 aliphatic heterocycles. The Labute approximate surface area is 185 Å². The molecule has 0 spiro atoms. The van der Waals surface area contributed by atoms with Crippen LogP contribution in [-0.4, -0.2) is 44.9 Å². The Morgan fingerprint density at radius 1 is 1.19 bits per heavy atom. The predicted octanol–water partition coefficient (Wildman–Crippen LogP) is 4.68. The van der Waals surface area contributed by atoms with Gasteiger partial charge in [0.2, 0.25) is 0 Å². The van der Waals surface area contributed by atoms with Crippen molar-refractivity contribution in [1.82, 2.24) is 19.9 Å². The number of piperidine rings is 1. The van der Waals surface area contributed by atoms with Gasteiger partial charge in [0.05, 0.1) is 16.6 Å². The van der Waals surface area contributed by atoms with Gasteiger partial charge in [-0.25, -0.2) is 19.3 Å². The van der Waals surface area contributed by atoms with Crippen molar-refractivity contribution in [2.45, 2.75) is 25.8 Å². The number of pyridine rings is 1. The molecule has 1 saturated heterocycles. The summed E-state index contributed by atoms with van der Waals surface area (Å²) in [7, 11) is 0. The van der Waals surface area contributed by atoms with Crippen molar-refractivity contribution in [3.8, 4) is 11.4 Å². The Kier molecular flexibility index (Phi) is 6.42. The number of benzene rings is 1. The van der Waals surface area contributed by atoms with Gasteiger partial charge in [-0.2, -0.15) is 0 Å². The highest BCUT2D eigenvalue weighted by molar-refractivity contribution is 6.30. The van der Waals surface area contributed by atoms with E-state index in [1.165, 1.54) is 6.07 Å². The van der Waals surface area contributed by atoms with Crippen LogP contribution in [0, 0.1) is 11.7 Å². The number of hydrogen-bond acceptors (Lipinski definition) is 5. The number of carbonyl (C=O) groups is 1. The topological polar surface area (TPSA) is 71.0 Å². The lowest BCUT2D eigenvalue weighted by Crippen LogP contribution is -2.51. The molecule has 3 aromatic rings. The second-order valence-electron chi connectivity index (χ2n) is 7.66. The Morgan fingerprint density at radius 3 is 2.74 bits per heavy atom. The number of nitrogens with zero attached hydrogens (tertiary/aromatic N) is 4. The summed E-state index contributed by atoms with van der Waals surface area (Å²) in [5.74, 6) is 0.345. The van der Waals surface area contributed by atoms with Crippen LogP contribution in [0.4, 0.5) is 10.2 Å². The molecule has 4 rings (SSSR count). The Morgan fingerprint density at radius 2 is 2.00 bits per heavy atom. The zero-order chi connectivity index (χ0) is 21.8. The maximum Gasteiger partial charge on any atom is 0.257 e. The Bertz CT molecular complexity index is 1050. The van der Waals surface area contributed by atoms with Crippen LogP contribution in [0.2, 0.25) is 5.02 Å². The summed E-state index contributed by atoms with van der Waals surface area (Å²) in [6, 6.07) is 9.69. The highest BCUT2D eigenvalue weighted by Gasteiger charge is 2.34. The molecule has 0 bridgehead atoms. The SMILES string of the molecule is C[C@@H]1CCCN(C(=O)c2c(F)cccc2-c2ncccn2)[C@@H]1CNc1ccc(Cl)cn1. The number of likely N-dealkylation sites (tertiary alicyclic amines) is 1. The quantitative estimate of drug-likeness (QED) is 0.624. The lowest BCUT2D eigenvalue weighted by molar-refractivity contribution is 0.0536. The first-order valence-corrected chi connectivity index (χ1v) is 10.6. The van der Waals surface area contributed by atoms with Crippen LogP contribution in [0.3, 0.4) is 0 Å². The summed E-state index contributed by atoms with van der Waals surface area (Å²) in [5.41, 5.74) is 0.410. The first-order valence-electron chi connectivity index (χ1n) is 10.3. The molecule has 1 aromatic carbocycles. The summed E-state index contributed by atoms with van der Waals surface area (Å²) < 4.78 is 14.9. The summed E-state index contributed by atoms with van der Waals surface area (Å²) in [6.45, 7) is 3.18. The second-order valence-corrected chi connectivity index (χ2v) is 8.10. The third kappa shape index (κ3) is 4.66. The standard InChI is InChI=1S/C23H23ClFN5O/c1-15-5-3-12-30(19(15)14-29-20-9-8-16(24)13-28-20)23(31)21-17(6-2-7-18(21)25)22-26-10-4-11-27-22/h2,4,6-11,13,15,19H,3,5,12,14H2,1H3,(H,28,29)/t15-,19-/m1/s1. The van der Waals surface area contributed by atoms with Crippen LogP contribution in [-0.2, 0) is 0 Å². The number of halogens is 2. The largest absolute Gasteiger partial charge is 0.368 e. The Balaban J connectivity index is 1.62. The van der Waals surface area contributed by atoms with Gasteiger partial charge < -0.3 is 10.2 Å². The first kappa shape index (κ1) is 21.2. The molecule has 6 nitrogen and oxygen atoms in total. The van der Waals surface area contributed by atoms with Crippen molar-refractivity contribution in [3.05, 3.63) is 71.4 Å². The second kappa shape index (κ2) is 9.39. The van der Waals surface area contributed by atoms with Crippen molar-refractivity contribution < 1.29 is 9.18 Å². The molecule has 2 aromatic heterocycles. The molecular formula is C23H23ClFN5O. The smallest absolute Gasteiger partial charge is 0.257 e. The minimum Gasteiger partial charge on any atom is -0.368 e. The zero-order valence-electron chi connectivity index (χ0n) is 17.1. The molecule has 0 aliphatic carbocycles.